The Morgan fingerprint density at radius 2 is 1.60 bits per heavy atom. The minimum absolute atomic E-state index is 0.000142. The topological polar surface area (TPSA) is 157 Å². The van der Waals surface area contributed by atoms with Gasteiger partial charge in [0.2, 0.25) is 12.0 Å². The molecule has 188 valence electrons. The molecule has 4 N–H and O–H groups in total. The number of hydrogen-bond acceptors (Lipinski definition) is 11. The van der Waals surface area contributed by atoms with Crippen LogP contribution in [0.15, 0.2) is 45.6 Å². The molecule has 1 aromatic heterocycles. The van der Waals surface area contributed by atoms with E-state index < -0.39 is 42.7 Å². The number of benzene rings is 2. The van der Waals surface area contributed by atoms with Crippen molar-refractivity contribution in [2.45, 2.75) is 30.7 Å². The van der Waals surface area contributed by atoms with Gasteiger partial charge in [-0.1, -0.05) is 12.1 Å². The summed E-state index contributed by atoms with van der Waals surface area (Å²) in [5, 5.41) is 39.9. The lowest BCUT2D eigenvalue weighted by atomic mass is 9.99. The second-order valence-electron chi connectivity index (χ2n) is 7.80. The summed E-state index contributed by atoms with van der Waals surface area (Å²) in [4.78, 5) is 13.3. The molecular weight excluding hydrogens is 464 g/mol. The number of methoxy groups -OCH3 is 3. The van der Waals surface area contributed by atoms with Gasteiger partial charge >= 0.3 is 0 Å². The van der Waals surface area contributed by atoms with Gasteiger partial charge in [-0.3, -0.25) is 4.79 Å². The van der Waals surface area contributed by atoms with Crippen LogP contribution in [0.3, 0.4) is 0 Å². The third-order valence-electron chi connectivity index (χ3n) is 5.77. The van der Waals surface area contributed by atoms with E-state index in [1.165, 1.54) is 33.5 Å². The Hall–Kier alpha value is -3.35. The van der Waals surface area contributed by atoms with Crippen molar-refractivity contribution in [2.24, 2.45) is 0 Å². The zero-order chi connectivity index (χ0) is 25.3. The third-order valence-corrected chi connectivity index (χ3v) is 5.77. The van der Waals surface area contributed by atoms with Crippen molar-refractivity contribution in [1.29, 1.82) is 0 Å². The molecule has 0 unspecified atom stereocenters. The summed E-state index contributed by atoms with van der Waals surface area (Å²) in [5.74, 6) is 0.861. The summed E-state index contributed by atoms with van der Waals surface area (Å²) in [6.07, 6.45) is -7.63. The second-order valence-corrected chi connectivity index (χ2v) is 7.80. The van der Waals surface area contributed by atoms with Gasteiger partial charge in [-0.05, 0) is 12.1 Å². The standard InChI is InChI=1S/C24H26O11/c1-30-13-7-5-4-6-11(13)14-8-12(26)18-15(9-16(31-2)22(32-3)23(18)33-14)34-24-21(29)20(28)19(27)17(10-25)35-24/h4-9,17,19-21,24-25,27-29H,10H2,1-3H3/t17-,19-,20+,21-,24-/m0/s1. The van der Waals surface area contributed by atoms with Crippen LogP contribution in [-0.4, -0.2) is 79.1 Å². The van der Waals surface area contributed by atoms with E-state index >= 15 is 0 Å². The van der Waals surface area contributed by atoms with E-state index in [1.807, 2.05) is 0 Å². The monoisotopic (exact) mass is 490 g/mol. The zero-order valence-corrected chi connectivity index (χ0v) is 19.2. The van der Waals surface area contributed by atoms with E-state index in [0.29, 0.717) is 11.3 Å². The van der Waals surface area contributed by atoms with Crippen LogP contribution in [0, 0.1) is 0 Å². The predicted molar refractivity (Wildman–Crippen MR) is 122 cm³/mol. The molecule has 2 heterocycles. The summed E-state index contributed by atoms with van der Waals surface area (Å²) in [7, 11) is 4.25. The van der Waals surface area contributed by atoms with Gasteiger partial charge in [0.05, 0.1) is 33.5 Å². The molecule has 11 heteroatoms. The minimum atomic E-state index is -1.68. The number of fused-ring (bicyclic) bond motifs is 1. The Labute approximate surface area is 199 Å². The molecule has 1 aliphatic rings. The molecule has 0 bridgehead atoms. The van der Waals surface area contributed by atoms with Crippen LogP contribution in [-0.2, 0) is 4.74 Å². The van der Waals surface area contributed by atoms with Crippen molar-refractivity contribution < 1.29 is 48.5 Å². The van der Waals surface area contributed by atoms with Crippen molar-refractivity contribution in [1.82, 2.24) is 0 Å². The maximum atomic E-state index is 13.3. The maximum Gasteiger partial charge on any atom is 0.229 e. The van der Waals surface area contributed by atoms with Crippen molar-refractivity contribution in [3.63, 3.8) is 0 Å². The van der Waals surface area contributed by atoms with E-state index in [9.17, 15) is 25.2 Å². The SMILES string of the molecule is COc1ccccc1-c1cc(=O)c2c(O[C@H]3O[C@@H](CO)[C@H](O)[C@@H](O)[C@@H]3O)cc(OC)c(OC)c2o1. The van der Waals surface area contributed by atoms with Gasteiger partial charge in [-0.25, -0.2) is 0 Å². The van der Waals surface area contributed by atoms with Crippen molar-refractivity contribution in [3.8, 4) is 34.3 Å². The molecule has 35 heavy (non-hydrogen) atoms. The van der Waals surface area contributed by atoms with Gasteiger partial charge in [-0.2, -0.15) is 0 Å². The van der Waals surface area contributed by atoms with Gasteiger partial charge in [0.1, 0.15) is 47.1 Å². The Balaban J connectivity index is 1.88. The largest absolute Gasteiger partial charge is 0.496 e. The molecule has 1 saturated heterocycles. The molecule has 5 atom stereocenters. The highest BCUT2D eigenvalue weighted by molar-refractivity contribution is 5.92. The number of hydrogen-bond donors (Lipinski definition) is 4. The molecule has 2 aromatic carbocycles. The molecule has 0 radical (unpaired) electrons. The van der Waals surface area contributed by atoms with Gasteiger partial charge < -0.3 is 48.5 Å². The van der Waals surface area contributed by atoms with Crippen LogP contribution in [0.1, 0.15) is 0 Å². The van der Waals surface area contributed by atoms with Gasteiger partial charge in [0, 0.05) is 12.1 Å². The summed E-state index contributed by atoms with van der Waals surface area (Å²) >= 11 is 0. The average molecular weight is 490 g/mol. The summed E-state index contributed by atoms with van der Waals surface area (Å²) < 4.78 is 33.5. The number of para-hydroxylation sites is 1. The van der Waals surface area contributed by atoms with E-state index in [0.717, 1.165) is 0 Å². The Bertz CT molecular complexity index is 1250. The molecule has 0 saturated carbocycles. The minimum Gasteiger partial charge on any atom is -0.496 e. The number of aliphatic hydroxyl groups excluding tert-OH is 4. The molecular formula is C24H26O11. The first-order valence-electron chi connectivity index (χ1n) is 10.7. The van der Waals surface area contributed by atoms with Gasteiger partial charge in [0.25, 0.3) is 0 Å². The number of rotatable bonds is 7. The van der Waals surface area contributed by atoms with Crippen LogP contribution in [0.25, 0.3) is 22.3 Å². The zero-order valence-electron chi connectivity index (χ0n) is 19.2. The molecule has 1 aliphatic heterocycles. The van der Waals surface area contributed by atoms with Gasteiger partial charge in [-0.15, -0.1) is 0 Å². The van der Waals surface area contributed by atoms with Crippen LogP contribution in [0.4, 0.5) is 0 Å². The third kappa shape index (κ3) is 4.40. The van der Waals surface area contributed by atoms with Crippen molar-refractivity contribution >= 4 is 11.0 Å². The van der Waals surface area contributed by atoms with Crippen LogP contribution in [0.5, 0.6) is 23.0 Å². The Kier molecular flexibility index (Phi) is 7.15. The molecule has 11 nitrogen and oxygen atoms in total. The highest BCUT2D eigenvalue weighted by atomic mass is 16.7. The van der Waals surface area contributed by atoms with Crippen LogP contribution < -0.4 is 24.4 Å². The van der Waals surface area contributed by atoms with Crippen LogP contribution in [0.2, 0.25) is 0 Å². The molecule has 3 aromatic rings. The lowest BCUT2D eigenvalue weighted by Gasteiger charge is -2.39. The first kappa shape index (κ1) is 24.8. The lowest BCUT2D eigenvalue weighted by Crippen LogP contribution is -2.60. The lowest BCUT2D eigenvalue weighted by molar-refractivity contribution is -0.277. The van der Waals surface area contributed by atoms with Crippen LogP contribution >= 0.6 is 0 Å². The fraction of sp³-hybridized carbons (Fsp3) is 0.375. The molecule has 4 rings (SSSR count). The highest BCUT2D eigenvalue weighted by Crippen LogP contribution is 2.43. The molecule has 0 aliphatic carbocycles. The molecule has 0 spiro atoms. The first-order chi connectivity index (χ1) is 16.8. The summed E-state index contributed by atoms with van der Waals surface area (Å²) in [5.41, 5.74) is 0.0165. The summed E-state index contributed by atoms with van der Waals surface area (Å²) in [6, 6.07) is 9.58. The second kappa shape index (κ2) is 10.1. The normalized spacial score (nSPS) is 24.3. The molecule has 0 amide bonds. The fourth-order valence-corrected chi connectivity index (χ4v) is 3.96. The quantitative estimate of drug-likeness (QED) is 0.369. The smallest absolute Gasteiger partial charge is 0.229 e. The Morgan fingerprint density at radius 3 is 2.26 bits per heavy atom. The van der Waals surface area contributed by atoms with E-state index in [-0.39, 0.29) is 34.0 Å². The Morgan fingerprint density at radius 1 is 0.886 bits per heavy atom. The fourth-order valence-electron chi connectivity index (χ4n) is 3.96. The van der Waals surface area contributed by atoms with E-state index in [4.69, 9.17) is 28.1 Å². The number of ether oxygens (including phenoxy) is 5. The van der Waals surface area contributed by atoms with Crippen molar-refractivity contribution in [3.05, 3.63) is 46.6 Å². The number of aliphatic hydroxyl groups is 4. The first-order valence-corrected chi connectivity index (χ1v) is 10.7. The average Bonchev–Trinajstić information content (AvgIpc) is 2.88. The highest BCUT2D eigenvalue weighted by Gasteiger charge is 2.45. The molecule has 1 fully saturated rings. The van der Waals surface area contributed by atoms with Crippen molar-refractivity contribution in [2.75, 3.05) is 27.9 Å². The maximum absolute atomic E-state index is 13.3. The van der Waals surface area contributed by atoms with E-state index in [2.05, 4.69) is 0 Å². The summed E-state index contributed by atoms with van der Waals surface area (Å²) in [6.45, 7) is -0.637. The van der Waals surface area contributed by atoms with E-state index in [1.54, 1.807) is 24.3 Å². The predicted octanol–water partition coefficient (Wildman–Crippen LogP) is 0.664. The van der Waals surface area contributed by atoms with Gasteiger partial charge in [0.15, 0.2) is 16.8 Å².